The van der Waals surface area contributed by atoms with E-state index in [1.165, 1.54) is 25.7 Å². The van der Waals surface area contributed by atoms with E-state index in [-0.39, 0.29) is 6.10 Å². The zero-order valence-corrected chi connectivity index (χ0v) is 11.7. The van der Waals surface area contributed by atoms with Crippen molar-refractivity contribution < 1.29 is 9.84 Å². The summed E-state index contributed by atoms with van der Waals surface area (Å²) in [6, 6.07) is 7.93. The van der Waals surface area contributed by atoms with Crippen LogP contribution in [-0.2, 0) is 0 Å². The highest BCUT2D eigenvalue weighted by Crippen LogP contribution is 2.48. The van der Waals surface area contributed by atoms with E-state index in [0.717, 1.165) is 42.1 Å². The van der Waals surface area contributed by atoms with Gasteiger partial charge in [0.2, 0.25) is 0 Å². The van der Waals surface area contributed by atoms with Gasteiger partial charge >= 0.3 is 0 Å². The maximum absolute atomic E-state index is 9.75. The predicted molar refractivity (Wildman–Crippen MR) is 76.1 cm³/mol. The van der Waals surface area contributed by atoms with Crippen molar-refractivity contribution in [2.75, 3.05) is 6.61 Å². The Morgan fingerprint density at radius 1 is 1.21 bits per heavy atom. The third kappa shape index (κ3) is 2.79. The summed E-state index contributed by atoms with van der Waals surface area (Å²) in [7, 11) is 0. The molecule has 0 amide bonds. The van der Waals surface area contributed by atoms with Crippen LogP contribution in [0.1, 0.15) is 50.7 Å². The second kappa shape index (κ2) is 5.54. The summed E-state index contributed by atoms with van der Waals surface area (Å²) in [5.74, 6) is 3.63. The fourth-order valence-electron chi connectivity index (χ4n) is 3.81. The highest BCUT2D eigenvalue weighted by atomic mass is 16.5. The number of aliphatic hydroxyl groups is 1. The van der Waals surface area contributed by atoms with E-state index in [0.29, 0.717) is 0 Å². The Labute approximate surface area is 115 Å². The van der Waals surface area contributed by atoms with Gasteiger partial charge in [0.05, 0.1) is 12.7 Å². The van der Waals surface area contributed by atoms with E-state index in [1.54, 1.807) is 0 Å². The van der Waals surface area contributed by atoms with Gasteiger partial charge in [0.15, 0.2) is 0 Å². The second-order valence-corrected chi connectivity index (χ2v) is 6.24. The third-order valence-corrected chi connectivity index (χ3v) is 5.00. The van der Waals surface area contributed by atoms with Crippen LogP contribution >= 0.6 is 0 Å². The first-order chi connectivity index (χ1) is 9.26. The van der Waals surface area contributed by atoms with E-state index >= 15 is 0 Å². The predicted octanol–water partition coefficient (Wildman–Crippen LogP) is 3.95. The van der Waals surface area contributed by atoms with E-state index in [9.17, 15) is 5.11 Å². The molecule has 0 saturated heterocycles. The van der Waals surface area contributed by atoms with Crippen molar-refractivity contribution in [1.82, 2.24) is 0 Å². The Hall–Kier alpha value is -1.02. The lowest BCUT2D eigenvalue weighted by atomic mass is 9.89. The smallest absolute Gasteiger partial charge is 0.119 e. The van der Waals surface area contributed by atoms with Crippen LogP contribution < -0.4 is 4.74 Å². The molecule has 104 valence electrons. The molecule has 2 nitrogen and oxygen atoms in total. The zero-order valence-electron chi connectivity index (χ0n) is 11.7. The highest BCUT2D eigenvalue weighted by Gasteiger charge is 2.39. The van der Waals surface area contributed by atoms with Crippen LogP contribution in [0.15, 0.2) is 24.3 Å². The largest absolute Gasteiger partial charge is 0.493 e. The number of ether oxygens (including phenoxy) is 1. The number of rotatable bonds is 5. The highest BCUT2D eigenvalue weighted by molar-refractivity contribution is 5.28. The van der Waals surface area contributed by atoms with E-state index in [2.05, 4.69) is 0 Å². The number of fused-ring (bicyclic) bond motifs is 2. The van der Waals surface area contributed by atoms with Crippen LogP contribution in [0, 0.1) is 17.8 Å². The zero-order chi connectivity index (χ0) is 13.2. The number of benzene rings is 1. The molecule has 1 N–H and O–H groups in total. The van der Waals surface area contributed by atoms with Gasteiger partial charge in [-0.2, -0.15) is 0 Å². The first-order valence-electron chi connectivity index (χ1n) is 7.67. The Morgan fingerprint density at radius 2 is 2.00 bits per heavy atom. The molecule has 0 aromatic heterocycles. The van der Waals surface area contributed by atoms with Crippen LogP contribution in [-0.4, -0.2) is 11.7 Å². The monoisotopic (exact) mass is 260 g/mol. The van der Waals surface area contributed by atoms with Crippen molar-refractivity contribution in [3.63, 3.8) is 0 Å². The fraction of sp³-hybridized carbons (Fsp3) is 0.647. The number of aliphatic hydroxyl groups excluding tert-OH is 1. The van der Waals surface area contributed by atoms with Crippen molar-refractivity contribution in [3.8, 4) is 5.75 Å². The average Bonchev–Trinajstić information content (AvgIpc) is 3.07. The SMILES string of the molecule is CC[C@H](O)c1ccc(OCC2CC3CCC2C3)cc1. The van der Waals surface area contributed by atoms with Gasteiger partial charge < -0.3 is 9.84 Å². The molecule has 0 aliphatic heterocycles. The number of hydrogen-bond donors (Lipinski definition) is 1. The van der Waals surface area contributed by atoms with Gasteiger partial charge in [-0.3, -0.25) is 0 Å². The van der Waals surface area contributed by atoms with Gasteiger partial charge in [0.25, 0.3) is 0 Å². The molecular formula is C17H24O2. The van der Waals surface area contributed by atoms with Crippen LogP contribution in [0.3, 0.4) is 0 Å². The quantitative estimate of drug-likeness (QED) is 0.868. The Kier molecular flexibility index (Phi) is 3.79. The van der Waals surface area contributed by atoms with Crippen LogP contribution in [0.25, 0.3) is 0 Å². The molecule has 1 aromatic rings. The first-order valence-corrected chi connectivity index (χ1v) is 7.67. The minimum absolute atomic E-state index is 0.348. The summed E-state index contributed by atoms with van der Waals surface area (Å²) in [6.07, 6.45) is 6.09. The lowest BCUT2D eigenvalue weighted by Crippen LogP contribution is -2.18. The fourth-order valence-corrected chi connectivity index (χ4v) is 3.81. The molecule has 1 aromatic carbocycles. The standard InChI is InChI=1S/C17H24O2/c1-2-17(18)13-5-7-16(8-6-13)19-11-15-10-12-3-4-14(15)9-12/h5-8,12,14-15,17-18H,2-4,9-11H2,1H3/t12?,14?,15?,17-/m0/s1. The summed E-state index contributed by atoms with van der Waals surface area (Å²) in [4.78, 5) is 0. The van der Waals surface area contributed by atoms with Crippen molar-refractivity contribution in [2.24, 2.45) is 17.8 Å². The molecule has 0 radical (unpaired) electrons. The minimum atomic E-state index is -0.348. The summed E-state index contributed by atoms with van der Waals surface area (Å²) >= 11 is 0. The molecule has 2 saturated carbocycles. The van der Waals surface area contributed by atoms with E-state index in [4.69, 9.17) is 4.74 Å². The van der Waals surface area contributed by atoms with Gasteiger partial charge in [-0.05, 0) is 61.1 Å². The molecule has 2 aliphatic rings. The molecule has 2 aliphatic carbocycles. The Bertz CT molecular complexity index is 412. The average molecular weight is 260 g/mol. The Balaban J connectivity index is 1.53. The van der Waals surface area contributed by atoms with E-state index < -0.39 is 0 Å². The maximum atomic E-state index is 9.75. The summed E-state index contributed by atoms with van der Waals surface area (Å²) < 4.78 is 5.93. The molecule has 19 heavy (non-hydrogen) atoms. The first kappa shape index (κ1) is 13.0. The second-order valence-electron chi connectivity index (χ2n) is 6.24. The summed E-state index contributed by atoms with van der Waals surface area (Å²) in [6.45, 7) is 2.86. The molecule has 2 heteroatoms. The molecule has 2 bridgehead atoms. The third-order valence-electron chi connectivity index (χ3n) is 5.00. The maximum Gasteiger partial charge on any atom is 0.119 e. The van der Waals surface area contributed by atoms with E-state index in [1.807, 2.05) is 31.2 Å². The van der Waals surface area contributed by atoms with Crippen molar-refractivity contribution >= 4 is 0 Å². The molecule has 3 unspecified atom stereocenters. The van der Waals surface area contributed by atoms with Crippen LogP contribution in [0.5, 0.6) is 5.75 Å². The molecule has 4 atom stereocenters. The molecule has 0 heterocycles. The summed E-state index contributed by atoms with van der Waals surface area (Å²) in [5, 5.41) is 9.75. The summed E-state index contributed by atoms with van der Waals surface area (Å²) in [5.41, 5.74) is 0.981. The van der Waals surface area contributed by atoms with Gasteiger partial charge in [-0.25, -0.2) is 0 Å². The van der Waals surface area contributed by atoms with Crippen LogP contribution in [0.2, 0.25) is 0 Å². The van der Waals surface area contributed by atoms with Crippen molar-refractivity contribution in [2.45, 2.75) is 45.1 Å². The molecule has 2 fully saturated rings. The lowest BCUT2D eigenvalue weighted by Gasteiger charge is -2.21. The van der Waals surface area contributed by atoms with Gasteiger partial charge in [-0.15, -0.1) is 0 Å². The normalized spacial score (nSPS) is 30.5. The molecule has 3 rings (SSSR count). The van der Waals surface area contributed by atoms with Gasteiger partial charge in [-0.1, -0.05) is 25.5 Å². The lowest BCUT2D eigenvalue weighted by molar-refractivity contribution is 0.173. The molecule has 0 spiro atoms. The Morgan fingerprint density at radius 3 is 2.58 bits per heavy atom. The van der Waals surface area contributed by atoms with Gasteiger partial charge in [0, 0.05) is 0 Å². The van der Waals surface area contributed by atoms with Crippen molar-refractivity contribution in [1.29, 1.82) is 0 Å². The number of hydrogen-bond acceptors (Lipinski definition) is 2. The van der Waals surface area contributed by atoms with Gasteiger partial charge in [0.1, 0.15) is 5.75 Å². The minimum Gasteiger partial charge on any atom is -0.493 e. The topological polar surface area (TPSA) is 29.5 Å². The van der Waals surface area contributed by atoms with Crippen molar-refractivity contribution in [3.05, 3.63) is 29.8 Å². The molecular weight excluding hydrogens is 236 g/mol. The van der Waals surface area contributed by atoms with Crippen LogP contribution in [0.4, 0.5) is 0 Å².